The van der Waals surface area contributed by atoms with E-state index < -0.39 is 31.7 Å². The van der Waals surface area contributed by atoms with Gasteiger partial charge in [-0.05, 0) is 80.2 Å². The van der Waals surface area contributed by atoms with Crippen molar-refractivity contribution in [3.63, 3.8) is 0 Å². The summed E-state index contributed by atoms with van der Waals surface area (Å²) in [5.74, 6) is 2.35. The Labute approximate surface area is 412 Å². The fourth-order valence-corrected chi connectivity index (χ4v) is 19.7. The van der Waals surface area contributed by atoms with E-state index in [1.165, 1.54) is 54.2 Å². The third kappa shape index (κ3) is 16.1. The molecule has 9 rings (SSSR count). The van der Waals surface area contributed by atoms with Crippen molar-refractivity contribution in [1.82, 2.24) is 9.97 Å². The van der Waals surface area contributed by atoms with Gasteiger partial charge in [0.1, 0.15) is 0 Å². The zero-order valence-electron chi connectivity index (χ0n) is 34.9. The van der Waals surface area contributed by atoms with Gasteiger partial charge in [-0.15, -0.1) is 0 Å². The van der Waals surface area contributed by atoms with Gasteiger partial charge in [0.25, 0.3) is 0 Å². The molecule has 0 atom stereocenters. The first kappa shape index (κ1) is 51.0. The summed E-state index contributed by atoms with van der Waals surface area (Å²) in [6.07, 6.45) is 3.24. The first-order valence-electron chi connectivity index (χ1n) is 20.3. The van der Waals surface area contributed by atoms with E-state index in [0.717, 1.165) is 0 Å². The van der Waals surface area contributed by atoms with Gasteiger partial charge in [0, 0.05) is 51.1 Å². The van der Waals surface area contributed by atoms with E-state index in [1.807, 2.05) is 0 Å². The molecule has 0 amide bonds. The molecule has 0 bridgehead atoms. The Balaban J connectivity index is 0.000000200. The van der Waals surface area contributed by atoms with Crippen LogP contribution in [0.4, 0.5) is 0 Å². The van der Waals surface area contributed by atoms with Crippen molar-refractivity contribution < 1.29 is 19.5 Å². The molecule has 0 spiro atoms. The molecule has 0 saturated heterocycles. The molecule has 0 N–H and O–H groups in total. The molecule has 2 nitrogen and oxygen atoms in total. The fraction of sp³-hybridized carbons (Fsp3) is 0.0370. The summed E-state index contributed by atoms with van der Waals surface area (Å²) in [7, 11) is 6.59. The minimum Gasteiger partial charge on any atom is -0.740 e. The summed E-state index contributed by atoms with van der Waals surface area (Å²) in [6.45, 7) is 0. The van der Waals surface area contributed by atoms with Crippen LogP contribution in [-0.4, -0.2) is 21.8 Å². The summed E-state index contributed by atoms with van der Waals surface area (Å²) in [4.78, 5) is 7.37. The van der Waals surface area contributed by atoms with E-state index in [9.17, 15) is 0 Å². The average Bonchev–Trinajstić information content (AvgIpc) is 3.38. The van der Waals surface area contributed by atoms with Gasteiger partial charge in [-0.3, -0.25) is 9.97 Å². The molecule has 321 valence electrons. The summed E-state index contributed by atoms with van der Waals surface area (Å²) in [5, 5.41) is 12.1. The van der Waals surface area contributed by atoms with Crippen LogP contribution in [0.5, 0.6) is 0 Å². The van der Waals surface area contributed by atoms with Crippen molar-refractivity contribution in [2.75, 3.05) is 11.8 Å². The van der Waals surface area contributed by atoms with Gasteiger partial charge in [0.2, 0.25) is 0 Å². The summed E-state index contributed by atoms with van der Waals surface area (Å²) >= 11 is 4.59. The third-order valence-electron chi connectivity index (χ3n) is 9.65. The van der Waals surface area contributed by atoms with Gasteiger partial charge < -0.3 is 12.6 Å². The quantitative estimate of drug-likeness (QED) is 0.0528. The van der Waals surface area contributed by atoms with Gasteiger partial charge in [-0.1, -0.05) is 243 Å². The van der Waals surface area contributed by atoms with E-state index in [1.54, 1.807) is 18.5 Å². The Kier molecular flexibility index (Phi) is 23.5. The van der Waals surface area contributed by atoms with Crippen molar-refractivity contribution in [3.8, 4) is 0 Å². The summed E-state index contributed by atoms with van der Waals surface area (Å²) in [6, 6.07) is 90.0. The van der Waals surface area contributed by atoms with Crippen molar-refractivity contribution in [3.05, 3.63) is 261 Å². The van der Waals surface area contributed by atoms with Crippen LogP contribution in [0.3, 0.4) is 0 Å². The predicted molar refractivity (Wildman–Crippen MR) is 285 cm³/mol. The molecule has 0 aliphatic carbocycles. The summed E-state index contributed by atoms with van der Waals surface area (Å²) in [5.41, 5.74) is 0. The Morgan fingerprint density at radius 2 is 0.438 bits per heavy atom. The summed E-state index contributed by atoms with van der Waals surface area (Å²) < 4.78 is 0. The van der Waals surface area contributed by atoms with Crippen LogP contribution in [-0.2, 0) is 32.1 Å². The molecule has 0 fully saturated rings. The van der Waals surface area contributed by atoms with E-state index in [4.69, 9.17) is 0 Å². The first-order valence-corrected chi connectivity index (χ1v) is 28.0. The second-order valence-electron chi connectivity index (χ2n) is 13.7. The molecule has 10 heteroatoms. The monoisotopic (exact) mass is 1050 g/mol. The molecule has 1 aromatic heterocycles. The molecule has 1 radical (unpaired) electrons. The van der Waals surface area contributed by atoms with Crippen LogP contribution >= 0.6 is 53.4 Å². The second-order valence-corrected chi connectivity index (χ2v) is 23.9. The van der Waals surface area contributed by atoms with Gasteiger partial charge in [-0.2, -0.15) is 0 Å². The smallest absolute Gasteiger partial charge is 0.740 e. The van der Waals surface area contributed by atoms with Crippen molar-refractivity contribution >= 4 is 108 Å². The zero-order valence-corrected chi connectivity index (χ0v) is 42.6. The maximum atomic E-state index is 4.59. The number of hydrogen-bond donors (Lipinski definition) is 0. The van der Waals surface area contributed by atoms with E-state index in [2.05, 4.69) is 287 Å². The Morgan fingerprint density at radius 3 is 0.562 bits per heavy atom. The van der Waals surface area contributed by atoms with Crippen LogP contribution in [0.1, 0.15) is 0 Å². The van der Waals surface area contributed by atoms with Crippen molar-refractivity contribution in [2.45, 2.75) is 5.16 Å². The average molecular weight is 1050 g/mol. The van der Waals surface area contributed by atoms with Crippen molar-refractivity contribution in [1.29, 1.82) is 0 Å². The van der Waals surface area contributed by atoms with Crippen LogP contribution in [0.15, 0.2) is 266 Å². The number of halogens is 2. The minimum atomic E-state index is -0.409. The molecule has 1 heterocycles. The maximum Gasteiger partial charge on any atom is 1.00 e. The van der Waals surface area contributed by atoms with Gasteiger partial charge in [-0.25, -0.2) is 0 Å². The number of benzene rings is 8. The molecule has 8 aromatic carbocycles. The van der Waals surface area contributed by atoms with Crippen LogP contribution in [0, 0.1) is 0 Å². The normalized spacial score (nSPS) is 10.3. The minimum absolute atomic E-state index is 0. The third-order valence-corrected chi connectivity index (χ3v) is 21.8. The van der Waals surface area contributed by atoms with Gasteiger partial charge in [0.15, 0.2) is 0 Å². The van der Waals surface area contributed by atoms with Crippen molar-refractivity contribution in [2.24, 2.45) is 0 Å². The number of hydrogen-bond acceptors (Lipinski definition) is 3. The Hall–Kier alpha value is -4.02. The topological polar surface area (TPSA) is 25.8 Å². The Bertz CT molecular complexity index is 2070. The molecule has 0 unspecified atom stereocenters. The fourth-order valence-electron chi connectivity index (χ4n) is 6.68. The predicted octanol–water partition coefficient (Wildman–Crippen LogP) is 12.2. The number of rotatable bonds is 12. The molecule has 64 heavy (non-hydrogen) atoms. The molecule has 0 aliphatic rings. The number of nitrogens with zero attached hydrogens (tertiary/aromatic N) is 2. The Morgan fingerprint density at radius 1 is 0.281 bits per heavy atom. The molecule has 9 aromatic rings. The van der Waals surface area contributed by atoms with Crippen LogP contribution in [0.2, 0.25) is 0 Å². The number of aromatic nitrogens is 2. The van der Waals surface area contributed by atoms with Crippen LogP contribution in [0.25, 0.3) is 0 Å². The van der Waals surface area contributed by atoms with Gasteiger partial charge in [0.05, 0.1) is 0 Å². The standard InChI is InChI=1S/2C25H22P2.C4H4N2S.Cl2.Ru/c2*1-5-13-22(14-6-1)26(23-15-7-2-8-16-23)21-27(24-17-9-3-10-18-24)25-19-11-4-12-20-25;7-4-5-2-1-3-6-4;1-2;/h2*1-20H,21H2;1-3H,(H,5,6,7);;/q;;;;+1/p-1. The zero-order chi connectivity index (χ0) is 43.7. The first-order chi connectivity index (χ1) is 31.2. The largest absolute Gasteiger partial charge is 1.00 e. The van der Waals surface area contributed by atoms with Gasteiger partial charge >= 0.3 is 19.5 Å². The molecule has 0 saturated carbocycles. The van der Waals surface area contributed by atoms with E-state index >= 15 is 0 Å². The SMILES string of the molecule is ClCl.[Ru+].[S-]c1ncccn1.c1ccc(P(CP(c2ccccc2)c2ccccc2)c2ccccc2)cc1.c1ccc(P(CP(c2ccccc2)c2ccccc2)c2ccccc2)cc1. The van der Waals surface area contributed by atoms with E-state index in [0.29, 0.717) is 5.16 Å². The molecule has 0 aliphatic heterocycles. The molecular formula is C54H47Cl2N2P4RuS. The van der Waals surface area contributed by atoms with E-state index in [-0.39, 0.29) is 19.5 Å². The van der Waals surface area contributed by atoms with Crippen LogP contribution < -0.4 is 42.4 Å². The maximum absolute atomic E-state index is 4.59. The second kappa shape index (κ2) is 29.5. The molecular weight excluding hydrogens is 1000 g/mol.